The number of anilines is 2. The van der Waals surface area contributed by atoms with E-state index >= 15 is 0 Å². The first-order chi connectivity index (χ1) is 14.8. The molecule has 2 aliphatic rings. The SMILES string of the molecule is O=C(Nc1ccc(N2CCN(C(=O)C(F)(F)F)CC2)cc1)c1ccc2c(c1)OCCO2. The van der Waals surface area contributed by atoms with E-state index in [9.17, 15) is 22.8 Å². The third-order valence-corrected chi connectivity index (χ3v) is 5.10. The van der Waals surface area contributed by atoms with E-state index in [0.29, 0.717) is 49.1 Å². The minimum Gasteiger partial charge on any atom is -0.486 e. The second kappa shape index (κ2) is 8.37. The lowest BCUT2D eigenvalue weighted by Crippen LogP contribution is -2.52. The Labute approximate surface area is 176 Å². The van der Waals surface area contributed by atoms with Gasteiger partial charge < -0.3 is 24.6 Å². The summed E-state index contributed by atoms with van der Waals surface area (Å²) >= 11 is 0. The molecule has 10 heteroatoms. The van der Waals surface area contributed by atoms with Crippen molar-refractivity contribution < 1.29 is 32.2 Å². The molecule has 0 unspecified atom stereocenters. The normalized spacial score (nSPS) is 16.1. The van der Waals surface area contributed by atoms with Crippen molar-refractivity contribution in [2.75, 3.05) is 49.6 Å². The van der Waals surface area contributed by atoms with Gasteiger partial charge in [0.05, 0.1) is 0 Å². The smallest absolute Gasteiger partial charge is 0.471 e. The van der Waals surface area contributed by atoms with Gasteiger partial charge in [-0.25, -0.2) is 0 Å². The summed E-state index contributed by atoms with van der Waals surface area (Å²) in [7, 11) is 0. The van der Waals surface area contributed by atoms with E-state index in [0.717, 1.165) is 10.6 Å². The Hall–Kier alpha value is -3.43. The van der Waals surface area contributed by atoms with Gasteiger partial charge in [-0.3, -0.25) is 9.59 Å². The lowest BCUT2D eigenvalue weighted by atomic mass is 10.1. The average Bonchev–Trinajstić information content (AvgIpc) is 2.78. The largest absolute Gasteiger partial charge is 0.486 e. The maximum atomic E-state index is 12.6. The Balaban J connectivity index is 1.35. The number of ether oxygens (including phenoxy) is 2. The molecule has 7 nitrogen and oxygen atoms in total. The van der Waals surface area contributed by atoms with Crippen LogP contribution in [0, 0.1) is 0 Å². The van der Waals surface area contributed by atoms with Crippen LogP contribution in [0.15, 0.2) is 42.5 Å². The van der Waals surface area contributed by atoms with Crippen LogP contribution < -0.4 is 19.7 Å². The van der Waals surface area contributed by atoms with Crippen LogP contribution in [0.2, 0.25) is 0 Å². The van der Waals surface area contributed by atoms with Crippen molar-refractivity contribution in [3.8, 4) is 11.5 Å². The van der Waals surface area contributed by atoms with E-state index in [1.165, 1.54) is 0 Å². The Morgan fingerprint density at radius 3 is 2.16 bits per heavy atom. The van der Waals surface area contributed by atoms with Crippen molar-refractivity contribution in [1.82, 2.24) is 4.90 Å². The summed E-state index contributed by atoms with van der Waals surface area (Å²) in [5.41, 5.74) is 1.81. The molecule has 2 aromatic rings. The standard InChI is InChI=1S/C21H20F3N3O4/c22-21(23,24)20(29)27-9-7-26(8-10-27)16-4-2-15(3-5-16)25-19(28)14-1-6-17-18(13-14)31-12-11-30-17/h1-6,13H,7-12H2,(H,25,28). The molecule has 2 amide bonds. The van der Waals surface area contributed by atoms with Crippen LogP contribution in [0.5, 0.6) is 11.5 Å². The summed E-state index contributed by atoms with van der Waals surface area (Å²) in [6.45, 7) is 1.49. The number of carbonyl (C=O) groups excluding carboxylic acids is 2. The molecule has 1 saturated heterocycles. The highest BCUT2D eigenvalue weighted by Crippen LogP contribution is 2.31. The number of piperazine rings is 1. The van der Waals surface area contributed by atoms with Crippen molar-refractivity contribution >= 4 is 23.2 Å². The fourth-order valence-electron chi connectivity index (χ4n) is 3.49. The van der Waals surface area contributed by atoms with Crippen molar-refractivity contribution in [2.45, 2.75) is 6.18 Å². The number of nitrogens with zero attached hydrogens (tertiary/aromatic N) is 2. The van der Waals surface area contributed by atoms with Gasteiger partial charge in [-0.15, -0.1) is 0 Å². The number of amides is 2. The van der Waals surface area contributed by atoms with E-state index in [-0.39, 0.29) is 19.0 Å². The highest BCUT2D eigenvalue weighted by molar-refractivity contribution is 6.04. The zero-order chi connectivity index (χ0) is 22.0. The van der Waals surface area contributed by atoms with E-state index in [4.69, 9.17) is 9.47 Å². The van der Waals surface area contributed by atoms with Crippen LogP contribution in [0.25, 0.3) is 0 Å². The summed E-state index contributed by atoms with van der Waals surface area (Å²) in [6, 6.07) is 12.0. The highest BCUT2D eigenvalue weighted by atomic mass is 19.4. The van der Waals surface area contributed by atoms with Gasteiger partial charge in [-0.05, 0) is 42.5 Å². The molecule has 0 spiro atoms. The fourth-order valence-corrected chi connectivity index (χ4v) is 3.49. The molecule has 0 radical (unpaired) electrons. The highest BCUT2D eigenvalue weighted by Gasteiger charge is 2.43. The minimum atomic E-state index is -4.85. The zero-order valence-corrected chi connectivity index (χ0v) is 16.4. The van der Waals surface area contributed by atoms with Gasteiger partial charge >= 0.3 is 12.1 Å². The monoisotopic (exact) mass is 435 g/mol. The first-order valence-corrected chi connectivity index (χ1v) is 9.73. The third-order valence-electron chi connectivity index (χ3n) is 5.10. The minimum absolute atomic E-state index is 0.000937. The second-order valence-electron chi connectivity index (χ2n) is 7.14. The van der Waals surface area contributed by atoms with Crippen LogP contribution in [-0.2, 0) is 4.79 Å². The molecular formula is C21H20F3N3O4. The molecule has 2 aliphatic heterocycles. The summed E-state index contributed by atoms with van der Waals surface area (Å²) in [6.07, 6.45) is -4.85. The number of rotatable bonds is 3. The summed E-state index contributed by atoms with van der Waals surface area (Å²) in [5, 5.41) is 2.80. The molecule has 0 atom stereocenters. The molecule has 1 fully saturated rings. The molecule has 1 N–H and O–H groups in total. The molecule has 2 heterocycles. The Bertz CT molecular complexity index is 971. The van der Waals surface area contributed by atoms with Gasteiger partial charge in [0.1, 0.15) is 13.2 Å². The number of alkyl halides is 3. The predicted octanol–water partition coefficient (Wildman–Crippen LogP) is 2.92. The van der Waals surface area contributed by atoms with E-state index < -0.39 is 12.1 Å². The number of benzene rings is 2. The quantitative estimate of drug-likeness (QED) is 0.803. The number of halogens is 3. The molecule has 0 aliphatic carbocycles. The van der Waals surface area contributed by atoms with E-state index in [1.807, 2.05) is 4.90 Å². The molecule has 0 saturated carbocycles. The van der Waals surface area contributed by atoms with Crippen molar-refractivity contribution in [3.63, 3.8) is 0 Å². The Kier molecular flexibility index (Phi) is 5.62. The van der Waals surface area contributed by atoms with Crippen LogP contribution in [-0.4, -0.2) is 62.3 Å². The number of hydrogen-bond acceptors (Lipinski definition) is 5. The molecule has 2 aromatic carbocycles. The van der Waals surface area contributed by atoms with Crippen LogP contribution in [0.3, 0.4) is 0 Å². The van der Waals surface area contributed by atoms with Crippen molar-refractivity contribution in [1.29, 1.82) is 0 Å². The van der Waals surface area contributed by atoms with Crippen LogP contribution in [0.4, 0.5) is 24.5 Å². The van der Waals surface area contributed by atoms with Crippen molar-refractivity contribution in [2.24, 2.45) is 0 Å². The molecule has 4 rings (SSSR count). The summed E-state index contributed by atoms with van der Waals surface area (Å²) in [4.78, 5) is 26.6. The summed E-state index contributed by atoms with van der Waals surface area (Å²) in [5.74, 6) is -0.977. The Morgan fingerprint density at radius 1 is 0.871 bits per heavy atom. The Morgan fingerprint density at radius 2 is 1.52 bits per heavy atom. The van der Waals surface area contributed by atoms with E-state index in [2.05, 4.69) is 5.32 Å². The van der Waals surface area contributed by atoms with Gasteiger partial charge in [0.25, 0.3) is 5.91 Å². The van der Waals surface area contributed by atoms with Crippen molar-refractivity contribution in [3.05, 3.63) is 48.0 Å². The maximum Gasteiger partial charge on any atom is 0.471 e. The van der Waals surface area contributed by atoms with Gasteiger partial charge in [-0.1, -0.05) is 0 Å². The number of carbonyl (C=O) groups is 2. The first kappa shape index (κ1) is 20.8. The molecule has 31 heavy (non-hydrogen) atoms. The number of nitrogens with one attached hydrogen (secondary N) is 1. The predicted molar refractivity (Wildman–Crippen MR) is 107 cm³/mol. The number of hydrogen-bond donors (Lipinski definition) is 1. The van der Waals surface area contributed by atoms with E-state index in [1.54, 1.807) is 42.5 Å². The van der Waals surface area contributed by atoms with Crippen LogP contribution >= 0.6 is 0 Å². The summed E-state index contributed by atoms with van der Waals surface area (Å²) < 4.78 is 48.6. The lowest BCUT2D eigenvalue weighted by Gasteiger charge is -2.36. The van der Waals surface area contributed by atoms with Gasteiger partial charge in [0, 0.05) is 43.1 Å². The molecule has 0 aromatic heterocycles. The average molecular weight is 435 g/mol. The molecular weight excluding hydrogens is 415 g/mol. The second-order valence-corrected chi connectivity index (χ2v) is 7.14. The zero-order valence-electron chi connectivity index (χ0n) is 16.4. The maximum absolute atomic E-state index is 12.6. The van der Waals surface area contributed by atoms with Gasteiger partial charge in [0.2, 0.25) is 0 Å². The molecule has 164 valence electrons. The van der Waals surface area contributed by atoms with Gasteiger partial charge in [0.15, 0.2) is 11.5 Å². The number of fused-ring (bicyclic) bond motifs is 1. The fraction of sp³-hybridized carbons (Fsp3) is 0.333. The van der Waals surface area contributed by atoms with Crippen LogP contribution in [0.1, 0.15) is 10.4 Å². The third kappa shape index (κ3) is 4.68. The first-order valence-electron chi connectivity index (χ1n) is 9.73. The topological polar surface area (TPSA) is 71.1 Å². The van der Waals surface area contributed by atoms with Gasteiger partial charge in [-0.2, -0.15) is 13.2 Å². The molecule has 0 bridgehead atoms. The lowest BCUT2D eigenvalue weighted by molar-refractivity contribution is -0.185.